The molecule has 8 nitrogen and oxygen atoms in total. The van der Waals surface area contributed by atoms with E-state index < -0.39 is 11.7 Å². The average molecular weight is 479 g/mol. The van der Waals surface area contributed by atoms with E-state index in [9.17, 15) is 14.7 Å². The molecule has 5 rings (SSSR count). The SMILES string of the molecule is C[C@@H]1CN(C(=O)O)c2ncc(-c3cc4c(c(C5CCCN5C(=O)OC(C)(C)C)c3)CCNC4)cc21. The maximum Gasteiger partial charge on any atom is 0.413 e. The van der Waals surface area contributed by atoms with Crippen molar-refractivity contribution < 1.29 is 19.4 Å². The maximum absolute atomic E-state index is 13.0. The average Bonchev–Trinajstić information content (AvgIpc) is 3.42. The Kier molecular flexibility index (Phi) is 5.95. The van der Waals surface area contributed by atoms with Gasteiger partial charge >= 0.3 is 12.2 Å². The molecule has 3 aliphatic heterocycles. The molecule has 2 atom stereocenters. The van der Waals surface area contributed by atoms with E-state index in [1.807, 2.05) is 32.6 Å². The van der Waals surface area contributed by atoms with E-state index in [4.69, 9.17) is 4.74 Å². The van der Waals surface area contributed by atoms with Crippen molar-refractivity contribution in [2.75, 3.05) is 24.5 Å². The molecule has 0 spiro atoms. The predicted molar refractivity (Wildman–Crippen MR) is 134 cm³/mol. The zero-order valence-corrected chi connectivity index (χ0v) is 20.9. The van der Waals surface area contributed by atoms with Crippen LogP contribution in [-0.4, -0.2) is 52.4 Å². The van der Waals surface area contributed by atoms with Gasteiger partial charge in [0.05, 0.1) is 6.04 Å². The number of ether oxygens (including phenoxy) is 1. The molecule has 0 aliphatic carbocycles. The van der Waals surface area contributed by atoms with Crippen LogP contribution in [0.2, 0.25) is 0 Å². The molecule has 8 heteroatoms. The number of fused-ring (bicyclic) bond motifs is 2. The van der Waals surface area contributed by atoms with E-state index in [2.05, 4.69) is 28.5 Å². The molecule has 1 aromatic carbocycles. The van der Waals surface area contributed by atoms with E-state index in [0.717, 1.165) is 49.0 Å². The van der Waals surface area contributed by atoms with Crippen molar-refractivity contribution in [1.29, 1.82) is 0 Å². The molecule has 3 aliphatic rings. The highest BCUT2D eigenvalue weighted by molar-refractivity contribution is 5.88. The molecular weight excluding hydrogens is 444 g/mol. The molecule has 1 saturated heterocycles. The number of likely N-dealkylation sites (tertiary alicyclic amines) is 1. The van der Waals surface area contributed by atoms with Gasteiger partial charge in [0.2, 0.25) is 0 Å². The van der Waals surface area contributed by atoms with E-state index in [-0.39, 0.29) is 18.1 Å². The highest BCUT2D eigenvalue weighted by Gasteiger charge is 2.36. The Morgan fingerprint density at radius 1 is 1.17 bits per heavy atom. The number of carboxylic acid groups (broad SMARTS) is 1. The van der Waals surface area contributed by atoms with Gasteiger partial charge in [0.15, 0.2) is 0 Å². The highest BCUT2D eigenvalue weighted by atomic mass is 16.6. The fourth-order valence-electron chi connectivity index (χ4n) is 5.60. The number of nitrogens with zero attached hydrogens (tertiary/aromatic N) is 3. The zero-order valence-electron chi connectivity index (χ0n) is 20.9. The molecule has 2 aromatic rings. The third-order valence-corrected chi connectivity index (χ3v) is 7.19. The number of amides is 2. The van der Waals surface area contributed by atoms with Crippen molar-refractivity contribution in [2.45, 2.75) is 71.1 Å². The fraction of sp³-hybridized carbons (Fsp3) is 0.519. The van der Waals surface area contributed by atoms with Gasteiger partial charge in [0.25, 0.3) is 0 Å². The van der Waals surface area contributed by atoms with Crippen LogP contribution in [0, 0.1) is 0 Å². The van der Waals surface area contributed by atoms with Crippen LogP contribution in [0.15, 0.2) is 24.4 Å². The summed E-state index contributed by atoms with van der Waals surface area (Å²) in [6.07, 6.45) is 3.34. The summed E-state index contributed by atoms with van der Waals surface area (Å²) in [5.74, 6) is 0.616. The smallest absolute Gasteiger partial charge is 0.413 e. The van der Waals surface area contributed by atoms with Crippen LogP contribution in [0.25, 0.3) is 11.1 Å². The number of carbonyl (C=O) groups is 2. The van der Waals surface area contributed by atoms with Gasteiger partial charge in [-0.25, -0.2) is 14.6 Å². The summed E-state index contributed by atoms with van der Waals surface area (Å²) < 4.78 is 5.74. The van der Waals surface area contributed by atoms with Crippen molar-refractivity contribution in [3.05, 3.63) is 46.6 Å². The first-order valence-corrected chi connectivity index (χ1v) is 12.5. The first kappa shape index (κ1) is 23.6. The van der Waals surface area contributed by atoms with Crippen molar-refractivity contribution in [1.82, 2.24) is 15.2 Å². The van der Waals surface area contributed by atoms with Gasteiger partial charge in [0.1, 0.15) is 11.4 Å². The second-order valence-electron chi connectivity index (χ2n) is 10.9. The Morgan fingerprint density at radius 2 is 1.94 bits per heavy atom. The molecular formula is C27H34N4O4. The Balaban J connectivity index is 1.55. The van der Waals surface area contributed by atoms with Gasteiger partial charge in [-0.05, 0) is 87.0 Å². The topological polar surface area (TPSA) is 95.0 Å². The molecule has 0 bridgehead atoms. The van der Waals surface area contributed by atoms with Crippen LogP contribution in [0.5, 0.6) is 0 Å². The molecule has 2 amide bonds. The van der Waals surface area contributed by atoms with E-state index >= 15 is 0 Å². The first-order valence-electron chi connectivity index (χ1n) is 12.5. The van der Waals surface area contributed by atoms with E-state index in [1.54, 1.807) is 6.20 Å². The molecule has 1 fully saturated rings. The molecule has 0 saturated carbocycles. The normalized spacial score (nSPS) is 21.6. The summed E-state index contributed by atoms with van der Waals surface area (Å²) in [5.41, 5.74) is 6.22. The number of aromatic nitrogens is 1. The third-order valence-electron chi connectivity index (χ3n) is 7.19. The molecule has 0 radical (unpaired) electrons. The lowest BCUT2D eigenvalue weighted by Crippen LogP contribution is -2.37. The molecule has 35 heavy (non-hydrogen) atoms. The number of rotatable bonds is 2. The van der Waals surface area contributed by atoms with Gasteiger partial charge < -0.3 is 20.1 Å². The van der Waals surface area contributed by atoms with E-state index in [1.165, 1.54) is 21.6 Å². The third kappa shape index (κ3) is 4.47. The predicted octanol–water partition coefficient (Wildman–Crippen LogP) is 5.07. The van der Waals surface area contributed by atoms with Crippen molar-refractivity contribution in [3.63, 3.8) is 0 Å². The van der Waals surface area contributed by atoms with Gasteiger partial charge in [-0.2, -0.15) is 0 Å². The molecule has 4 heterocycles. The summed E-state index contributed by atoms with van der Waals surface area (Å²) in [6.45, 7) is 10.6. The monoisotopic (exact) mass is 478 g/mol. The van der Waals surface area contributed by atoms with Gasteiger partial charge in [0, 0.05) is 42.9 Å². The van der Waals surface area contributed by atoms with Crippen LogP contribution < -0.4 is 10.2 Å². The highest BCUT2D eigenvalue weighted by Crippen LogP contribution is 2.41. The molecule has 2 N–H and O–H groups in total. The lowest BCUT2D eigenvalue weighted by atomic mass is 9.87. The minimum absolute atomic E-state index is 0.0135. The Morgan fingerprint density at radius 3 is 2.69 bits per heavy atom. The summed E-state index contributed by atoms with van der Waals surface area (Å²) >= 11 is 0. The molecule has 1 aromatic heterocycles. The van der Waals surface area contributed by atoms with Crippen LogP contribution in [-0.2, 0) is 17.7 Å². The van der Waals surface area contributed by atoms with Gasteiger partial charge in [-0.1, -0.05) is 6.92 Å². The summed E-state index contributed by atoms with van der Waals surface area (Å²) in [4.78, 5) is 32.4. The number of benzene rings is 1. The minimum atomic E-state index is -0.971. The number of hydrogen-bond acceptors (Lipinski definition) is 5. The number of carbonyl (C=O) groups excluding carboxylic acids is 1. The van der Waals surface area contributed by atoms with Crippen LogP contribution in [0.1, 0.15) is 74.8 Å². The molecule has 1 unspecified atom stereocenters. The summed E-state index contributed by atoms with van der Waals surface area (Å²) in [6, 6.07) is 6.50. The van der Waals surface area contributed by atoms with Crippen molar-refractivity contribution in [3.8, 4) is 11.1 Å². The lowest BCUT2D eigenvalue weighted by molar-refractivity contribution is 0.0224. The van der Waals surface area contributed by atoms with Crippen LogP contribution >= 0.6 is 0 Å². The van der Waals surface area contributed by atoms with Gasteiger partial charge in [-0.15, -0.1) is 0 Å². The number of hydrogen-bond donors (Lipinski definition) is 2. The van der Waals surface area contributed by atoms with Crippen molar-refractivity contribution in [2.24, 2.45) is 0 Å². The van der Waals surface area contributed by atoms with Crippen LogP contribution in [0.4, 0.5) is 15.4 Å². The Hall–Kier alpha value is -3.13. The fourth-order valence-corrected chi connectivity index (χ4v) is 5.60. The zero-order chi connectivity index (χ0) is 24.9. The standard InChI is InChI=1S/C27H34N4O4/c1-16-15-31(25(32)33)24-21(16)12-18(14-29-24)17-10-19-13-28-8-7-20(19)22(11-17)23-6-5-9-30(23)26(34)35-27(2,3)4/h10-12,14,16,23,28H,5-9,13,15H2,1-4H3,(H,32,33)/t16-,23?/m1/s1. The first-order chi connectivity index (χ1) is 16.6. The minimum Gasteiger partial charge on any atom is -0.465 e. The molecule has 186 valence electrons. The number of anilines is 1. The second kappa shape index (κ2) is 8.82. The van der Waals surface area contributed by atoms with Crippen molar-refractivity contribution >= 4 is 18.0 Å². The maximum atomic E-state index is 13.0. The number of nitrogens with one attached hydrogen (secondary N) is 1. The lowest BCUT2D eigenvalue weighted by Gasteiger charge is -2.32. The summed E-state index contributed by atoms with van der Waals surface area (Å²) in [7, 11) is 0. The second-order valence-corrected chi connectivity index (χ2v) is 10.9. The summed E-state index contributed by atoms with van der Waals surface area (Å²) in [5, 5.41) is 13.0. The number of pyridine rings is 1. The Labute approximate surface area is 206 Å². The Bertz CT molecular complexity index is 1170. The van der Waals surface area contributed by atoms with E-state index in [0.29, 0.717) is 18.9 Å². The largest absolute Gasteiger partial charge is 0.465 e. The van der Waals surface area contributed by atoms with Crippen LogP contribution in [0.3, 0.4) is 0 Å². The quantitative estimate of drug-likeness (QED) is 0.626. The van der Waals surface area contributed by atoms with Gasteiger partial charge in [-0.3, -0.25) is 4.90 Å².